The monoisotopic (exact) mass is 494 g/mol. The van der Waals surface area contributed by atoms with E-state index in [-0.39, 0.29) is 17.2 Å². The second-order valence-electron chi connectivity index (χ2n) is 9.03. The summed E-state index contributed by atoms with van der Waals surface area (Å²) in [4.78, 5) is 36.1. The zero-order valence-corrected chi connectivity index (χ0v) is 20.7. The number of para-hydroxylation sites is 1. The van der Waals surface area contributed by atoms with Gasteiger partial charge in [-0.25, -0.2) is 4.98 Å². The summed E-state index contributed by atoms with van der Waals surface area (Å²) in [6.45, 7) is 2.40. The summed E-state index contributed by atoms with van der Waals surface area (Å²) >= 11 is 0. The van der Waals surface area contributed by atoms with Crippen LogP contribution in [0.5, 0.6) is 5.75 Å². The van der Waals surface area contributed by atoms with E-state index < -0.39 is 0 Å². The van der Waals surface area contributed by atoms with Gasteiger partial charge in [-0.3, -0.25) is 9.59 Å². The molecule has 5 aromatic rings. The molecule has 0 atom stereocenters. The van der Waals surface area contributed by atoms with Gasteiger partial charge in [0.05, 0.1) is 12.8 Å². The molecule has 1 saturated heterocycles. The number of benzene rings is 2. The highest BCUT2D eigenvalue weighted by atomic mass is 16.5. The minimum Gasteiger partial charge on any atom is -0.497 e. The van der Waals surface area contributed by atoms with E-state index >= 15 is 0 Å². The molecule has 0 bridgehead atoms. The normalized spacial score (nSPS) is 13.9. The first kappa shape index (κ1) is 22.8. The Morgan fingerprint density at radius 2 is 1.65 bits per heavy atom. The Balaban J connectivity index is 1.46. The maximum atomic E-state index is 14.0. The molecule has 0 spiro atoms. The number of aryl methyl sites for hydroxylation is 1. The Hall–Kier alpha value is -4.66. The molecule has 0 N–H and O–H groups in total. The molecule has 9 nitrogen and oxygen atoms in total. The van der Waals surface area contributed by atoms with Crippen LogP contribution in [0.15, 0.2) is 77.7 Å². The average Bonchev–Trinajstić information content (AvgIpc) is 3.26. The summed E-state index contributed by atoms with van der Waals surface area (Å²) in [7, 11) is 3.44. The second-order valence-corrected chi connectivity index (χ2v) is 9.03. The van der Waals surface area contributed by atoms with Crippen LogP contribution in [-0.2, 0) is 7.05 Å². The number of carbonyl (C=O) groups excluding carboxylic acids is 1. The Morgan fingerprint density at radius 1 is 0.919 bits per heavy atom. The number of methoxy groups -OCH3 is 1. The van der Waals surface area contributed by atoms with Gasteiger partial charge >= 0.3 is 0 Å². The van der Waals surface area contributed by atoms with Gasteiger partial charge in [-0.05, 0) is 42.5 Å². The van der Waals surface area contributed by atoms with Crippen molar-refractivity contribution in [3.8, 4) is 11.4 Å². The van der Waals surface area contributed by atoms with Crippen LogP contribution < -0.4 is 15.2 Å². The van der Waals surface area contributed by atoms with Crippen molar-refractivity contribution >= 4 is 33.5 Å². The van der Waals surface area contributed by atoms with Crippen LogP contribution >= 0.6 is 0 Å². The highest BCUT2D eigenvalue weighted by Gasteiger charge is 2.29. The maximum Gasteiger partial charge on any atom is 0.296 e. The summed E-state index contributed by atoms with van der Waals surface area (Å²) < 4.78 is 8.43. The van der Waals surface area contributed by atoms with Crippen molar-refractivity contribution in [2.45, 2.75) is 0 Å². The Labute approximate surface area is 213 Å². The van der Waals surface area contributed by atoms with Crippen molar-refractivity contribution in [1.29, 1.82) is 0 Å². The van der Waals surface area contributed by atoms with Gasteiger partial charge in [-0.2, -0.15) is 9.78 Å². The third-order valence-corrected chi connectivity index (χ3v) is 7.00. The fraction of sp³-hybridized carbons (Fsp3) is 0.214. The van der Waals surface area contributed by atoms with Gasteiger partial charge in [0.25, 0.3) is 11.5 Å². The molecular weight excluding hydrogens is 468 g/mol. The van der Waals surface area contributed by atoms with E-state index in [2.05, 4.69) is 15.0 Å². The molecule has 1 aliphatic rings. The van der Waals surface area contributed by atoms with E-state index in [9.17, 15) is 9.59 Å². The minimum atomic E-state index is -0.282. The zero-order chi connectivity index (χ0) is 25.5. The number of anilines is 1. The number of hydrogen-bond donors (Lipinski definition) is 0. The average molecular weight is 495 g/mol. The molecule has 0 radical (unpaired) electrons. The lowest BCUT2D eigenvalue weighted by atomic mass is 10.1. The van der Waals surface area contributed by atoms with Crippen LogP contribution in [-0.4, -0.2) is 63.4 Å². The van der Waals surface area contributed by atoms with Crippen LogP contribution in [0.1, 0.15) is 10.5 Å². The Bertz CT molecular complexity index is 1670. The number of aromatic nitrogens is 4. The number of carbonyl (C=O) groups is 1. The lowest BCUT2D eigenvalue weighted by Gasteiger charge is -2.35. The third-order valence-electron chi connectivity index (χ3n) is 7.00. The molecule has 1 fully saturated rings. The number of fused-ring (bicyclic) bond motifs is 3. The van der Waals surface area contributed by atoms with E-state index in [0.29, 0.717) is 48.5 Å². The van der Waals surface area contributed by atoms with Crippen molar-refractivity contribution in [3.05, 3.63) is 89.0 Å². The predicted molar refractivity (Wildman–Crippen MR) is 143 cm³/mol. The lowest BCUT2D eigenvalue weighted by molar-refractivity contribution is 0.0741. The molecule has 0 unspecified atom stereocenters. The van der Waals surface area contributed by atoms with Crippen molar-refractivity contribution in [3.63, 3.8) is 0 Å². The molecule has 1 amide bonds. The van der Waals surface area contributed by atoms with Crippen molar-refractivity contribution in [2.24, 2.45) is 7.05 Å². The number of rotatable bonds is 4. The molecule has 2 aromatic carbocycles. The molecular formula is C28H26N6O3. The van der Waals surface area contributed by atoms with Gasteiger partial charge in [0.2, 0.25) is 0 Å². The highest BCUT2D eigenvalue weighted by Crippen LogP contribution is 2.29. The van der Waals surface area contributed by atoms with Crippen LogP contribution in [0.25, 0.3) is 27.5 Å². The zero-order valence-electron chi connectivity index (χ0n) is 20.7. The van der Waals surface area contributed by atoms with E-state index in [4.69, 9.17) is 4.74 Å². The molecule has 37 heavy (non-hydrogen) atoms. The molecule has 6 rings (SSSR count). The molecule has 4 heterocycles. The smallest absolute Gasteiger partial charge is 0.296 e. The summed E-state index contributed by atoms with van der Waals surface area (Å²) in [5, 5.41) is 6.10. The van der Waals surface area contributed by atoms with E-state index in [1.165, 1.54) is 4.68 Å². The van der Waals surface area contributed by atoms with E-state index in [1.54, 1.807) is 37.6 Å². The number of ether oxygens (including phenoxy) is 1. The topological polar surface area (TPSA) is 85.5 Å². The lowest BCUT2D eigenvalue weighted by Crippen LogP contribution is -2.49. The van der Waals surface area contributed by atoms with Gasteiger partial charge < -0.3 is 19.1 Å². The standard InChI is InChI=1S/C28H26N6O3/c1-31-22-8-4-3-7-21(22)24-25(27(35)33-17-15-32(16-18-33)23-9-5-6-14-29-23)30-34(28(36)26(24)31)19-10-12-20(37-2)13-11-19/h3-14H,15-18H2,1-2H3. The summed E-state index contributed by atoms with van der Waals surface area (Å²) in [5.74, 6) is 1.38. The van der Waals surface area contributed by atoms with Gasteiger partial charge in [0, 0.05) is 55.7 Å². The first-order chi connectivity index (χ1) is 18.1. The molecule has 0 aliphatic carbocycles. The number of amides is 1. The van der Waals surface area contributed by atoms with Crippen LogP contribution in [0.3, 0.4) is 0 Å². The Morgan fingerprint density at radius 3 is 2.35 bits per heavy atom. The third kappa shape index (κ3) is 3.79. The van der Waals surface area contributed by atoms with Crippen molar-refractivity contribution in [2.75, 3.05) is 38.2 Å². The van der Waals surface area contributed by atoms with Crippen LogP contribution in [0.4, 0.5) is 5.82 Å². The van der Waals surface area contributed by atoms with Gasteiger partial charge in [0.1, 0.15) is 17.1 Å². The number of pyridine rings is 1. The predicted octanol–water partition coefficient (Wildman–Crippen LogP) is 3.24. The second kappa shape index (κ2) is 9.09. The van der Waals surface area contributed by atoms with Crippen molar-refractivity contribution in [1.82, 2.24) is 24.2 Å². The van der Waals surface area contributed by atoms with Gasteiger partial charge in [-0.1, -0.05) is 24.3 Å². The Kier molecular flexibility index (Phi) is 5.60. The number of piperazine rings is 1. The molecule has 3 aromatic heterocycles. The molecule has 186 valence electrons. The molecule has 9 heteroatoms. The van der Waals surface area contributed by atoms with E-state index in [0.717, 1.165) is 16.7 Å². The SMILES string of the molecule is COc1ccc(-n2nc(C(=O)N3CCN(c4ccccn4)CC3)c3c4ccccc4n(C)c3c2=O)cc1. The number of nitrogens with zero attached hydrogens (tertiary/aromatic N) is 6. The first-order valence-electron chi connectivity index (χ1n) is 12.2. The summed E-state index contributed by atoms with van der Waals surface area (Å²) in [5.41, 5.74) is 1.87. The first-order valence-corrected chi connectivity index (χ1v) is 12.2. The maximum absolute atomic E-state index is 14.0. The van der Waals surface area contributed by atoms with Crippen molar-refractivity contribution < 1.29 is 9.53 Å². The van der Waals surface area contributed by atoms with Gasteiger partial charge in [-0.15, -0.1) is 0 Å². The molecule has 0 saturated carbocycles. The summed E-state index contributed by atoms with van der Waals surface area (Å²) in [6, 6.07) is 20.6. The van der Waals surface area contributed by atoms with Crippen LogP contribution in [0, 0.1) is 0 Å². The fourth-order valence-electron chi connectivity index (χ4n) is 5.06. The fourth-order valence-corrected chi connectivity index (χ4v) is 5.06. The van der Waals surface area contributed by atoms with Crippen LogP contribution in [0.2, 0.25) is 0 Å². The highest BCUT2D eigenvalue weighted by molar-refractivity contribution is 6.16. The van der Waals surface area contributed by atoms with Gasteiger partial charge in [0.15, 0.2) is 5.69 Å². The molecule has 1 aliphatic heterocycles. The largest absolute Gasteiger partial charge is 0.497 e. The number of hydrogen-bond acceptors (Lipinski definition) is 6. The minimum absolute atomic E-state index is 0.190. The quantitative estimate of drug-likeness (QED) is 0.381. The summed E-state index contributed by atoms with van der Waals surface area (Å²) in [6.07, 6.45) is 1.77. The van der Waals surface area contributed by atoms with E-state index in [1.807, 2.05) is 59.0 Å².